The molecule has 0 fully saturated rings. The first-order valence-electron chi connectivity index (χ1n) is 8.11. The van der Waals surface area contributed by atoms with Gasteiger partial charge in [-0.1, -0.05) is 37.6 Å². The monoisotopic (exact) mass is 389 g/mol. The second kappa shape index (κ2) is 8.92. The molecule has 0 radical (unpaired) electrons. The van der Waals surface area contributed by atoms with Crippen molar-refractivity contribution in [2.45, 2.75) is 45.7 Å². The van der Waals surface area contributed by atoms with E-state index in [-0.39, 0.29) is 22.7 Å². The summed E-state index contributed by atoms with van der Waals surface area (Å²) < 4.78 is 62.2. The molecule has 1 heterocycles. The molecule has 2 rings (SSSR count). The van der Waals surface area contributed by atoms with Crippen LogP contribution in [0.25, 0.3) is 0 Å². The number of hydrogen-bond donors (Lipinski definition) is 1. The number of carbonyl (C=O) groups excluding carboxylic acids is 1. The van der Waals surface area contributed by atoms with Crippen LogP contribution in [-0.2, 0) is 18.5 Å². The number of carbonyl (C=O) groups is 1. The van der Waals surface area contributed by atoms with Crippen LogP contribution in [0.4, 0.5) is 22.0 Å². The SMILES string of the molecule is CC(=O)c1ccccc1C(C)(F)F.CCCc1ncc(C(F)(F)F)cc1O. The van der Waals surface area contributed by atoms with Gasteiger partial charge in [0.15, 0.2) is 5.78 Å². The summed E-state index contributed by atoms with van der Waals surface area (Å²) in [5.74, 6) is -3.68. The van der Waals surface area contributed by atoms with Gasteiger partial charge in [-0.25, -0.2) is 8.78 Å². The summed E-state index contributed by atoms with van der Waals surface area (Å²) in [5, 5.41) is 9.22. The summed E-state index contributed by atoms with van der Waals surface area (Å²) in [6.07, 6.45) is -2.50. The zero-order valence-electron chi connectivity index (χ0n) is 15.1. The molecule has 0 saturated heterocycles. The molecule has 2 aromatic rings. The third-order valence-electron chi connectivity index (χ3n) is 3.54. The van der Waals surface area contributed by atoms with Crippen LogP contribution in [0.15, 0.2) is 36.5 Å². The molecule has 0 spiro atoms. The van der Waals surface area contributed by atoms with Crippen LogP contribution in [0.1, 0.15) is 54.4 Å². The minimum Gasteiger partial charge on any atom is -0.506 e. The zero-order valence-corrected chi connectivity index (χ0v) is 15.1. The lowest BCUT2D eigenvalue weighted by Crippen LogP contribution is -2.12. The van der Waals surface area contributed by atoms with Gasteiger partial charge in [-0.05, 0) is 19.4 Å². The average molecular weight is 389 g/mol. The van der Waals surface area contributed by atoms with Crippen molar-refractivity contribution in [1.82, 2.24) is 4.98 Å². The van der Waals surface area contributed by atoms with E-state index in [0.717, 1.165) is 19.5 Å². The van der Waals surface area contributed by atoms with Crippen molar-refractivity contribution in [3.8, 4) is 5.75 Å². The number of aryl methyl sites for hydroxylation is 1. The van der Waals surface area contributed by atoms with Gasteiger partial charge in [0, 0.05) is 24.2 Å². The van der Waals surface area contributed by atoms with Crippen molar-refractivity contribution in [2.75, 3.05) is 0 Å². The van der Waals surface area contributed by atoms with Gasteiger partial charge < -0.3 is 5.11 Å². The predicted octanol–water partition coefficient (Wildman–Crippen LogP) is 5.76. The van der Waals surface area contributed by atoms with Crippen molar-refractivity contribution < 1.29 is 31.9 Å². The molecule has 0 saturated carbocycles. The van der Waals surface area contributed by atoms with Crippen molar-refractivity contribution in [2.24, 2.45) is 0 Å². The second-order valence-corrected chi connectivity index (χ2v) is 5.93. The maximum Gasteiger partial charge on any atom is 0.418 e. The number of Topliss-reactive ketones (excluding diaryl/α,β-unsaturated/α-hetero) is 1. The molecule has 27 heavy (non-hydrogen) atoms. The lowest BCUT2D eigenvalue weighted by atomic mass is 10.0. The Morgan fingerprint density at radius 1 is 1.15 bits per heavy atom. The summed E-state index contributed by atoms with van der Waals surface area (Å²) in [7, 11) is 0. The maximum atomic E-state index is 12.9. The van der Waals surface area contributed by atoms with Gasteiger partial charge in [-0.2, -0.15) is 13.2 Å². The van der Waals surface area contributed by atoms with Crippen molar-refractivity contribution >= 4 is 5.78 Å². The van der Waals surface area contributed by atoms with Crippen LogP contribution < -0.4 is 0 Å². The van der Waals surface area contributed by atoms with E-state index in [1.807, 2.05) is 6.92 Å². The molecule has 1 aromatic carbocycles. The minimum atomic E-state index is -4.45. The molecule has 0 aliphatic rings. The van der Waals surface area contributed by atoms with Gasteiger partial charge in [0.25, 0.3) is 5.92 Å². The van der Waals surface area contributed by atoms with E-state index < -0.39 is 17.7 Å². The highest BCUT2D eigenvalue weighted by Gasteiger charge is 2.31. The molecule has 0 unspecified atom stereocenters. The highest BCUT2D eigenvalue weighted by molar-refractivity contribution is 5.95. The molecule has 0 bridgehead atoms. The number of benzene rings is 1. The first-order chi connectivity index (χ1) is 12.4. The maximum absolute atomic E-state index is 12.9. The van der Waals surface area contributed by atoms with Gasteiger partial charge in [0.05, 0.1) is 11.3 Å². The summed E-state index contributed by atoms with van der Waals surface area (Å²) in [6, 6.07) is 6.47. The fourth-order valence-electron chi connectivity index (χ4n) is 2.24. The van der Waals surface area contributed by atoms with E-state index in [0.29, 0.717) is 18.2 Å². The summed E-state index contributed by atoms with van der Waals surface area (Å²) >= 11 is 0. The Morgan fingerprint density at radius 3 is 2.15 bits per heavy atom. The average Bonchev–Trinajstić information content (AvgIpc) is 2.56. The normalized spacial score (nSPS) is 11.6. The van der Waals surface area contributed by atoms with E-state index in [2.05, 4.69) is 4.98 Å². The number of halogens is 5. The van der Waals surface area contributed by atoms with Crippen molar-refractivity contribution in [3.05, 3.63) is 58.9 Å². The number of nitrogens with zero attached hydrogens (tertiary/aromatic N) is 1. The van der Waals surface area contributed by atoms with E-state index in [9.17, 15) is 31.9 Å². The molecule has 1 aromatic heterocycles. The molecular weight excluding hydrogens is 369 g/mol. The van der Waals surface area contributed by atoms with Crippen molar-refractivity contribution in [1.29, 1.82) is 0 Å². The van der Waals surface area contributed by atoms with Gasteiger partial charge in [-0.15, -0.1) is 0 Å². The summed E-state index contributed by atoms with van der Waals surface area (Å²) in [4.78, 5) is 14.5. The third-order valence-corrected chi connectivity index (χ3v) is 3.54. The third kappa shape index (κ3) is 6.62. The number of ketones is 1. The Kier molecular flexibility index (Phi) is 7.45. The molecule has 0 amide bonds. The van der Waals surface area contributed by atoms with E-state index in [1.165, 1.54) is 25.1 Å². The number of rotatable bonds is 4. The van der Waals surface area contributed by atoms with Gasteiger partial charge in [-0.3, -0.25) is 9.78 Å². The highest BCUT2D eigenvalue weighted by atomic mass is 19.4. The van der Waals surface area contributed by atoms with Crippen LogP contribution in [0.2, 0.25) is 0 Å². The van der Waals surface area contributed by atoms with Crippen LogP contribution in [0, 0.1) is 0 Å². The fraction of sp³-hybridized carbons (Fsp3) is 0.368. The van der Waals surface area contributed by atoms with E-state index in [1.54, 1.807) is 6.07 Å². The first kappa shape index (κ1) is 22.5. The van der Waals surface area contributed by atoms with Gasteiger partial charge in [0.2, 0.25) is 0 Å². The smallest absolute Gasteiger partial charge is 0.418 e. The van der Waals surface area contributed by atoms with Gasteiger partial charge >= 0.3 is 6.18 Å². The molecule has 3 nitrogen and oxygen atoms in total. The van der Waals surface area contributed by atoms with E-state index in [4.69, 9.17) is 0 Å². The van der Waals surface area contributed by atoms with Crippen LogP contribution >= 0.6 is 0 Å². The Balaban J connectivity index is 0.000000271. The zero-order chi connectivity index (χ0) is 20.8. The fourth-order valence-corrected chi connectivity index (χ4v) is 2.24. The van der Waals surface area contributed by atoms with Crippen LogP contribution in [0.3, 0.4) is 0 Å². The first-order valence-corrected chi connectivity index (χ1v) is 8.11. The predicted molar refractivity (Wildman–Crippen MR) is 90.9 cm³/mol. The molecular formula is C19H20F5NO2. The van der Waals surface area contributed by atoms with E-state index >= 15 is 0 Å². The number of hydrogen-bond acceptors (Lipinski definition) is 3. The topological polar surface area (TPSA) is 50.2 Å². The van der Waals surface area contributed by atoms with Crippen molar-refractivity contribution in [3.63, 3.8) is 0 Å². The summed E-state index contributed by atoms with van der Waals surface area (Å²) in [6.45, 7) is 3.93. The number of alkyl halides is 5. The molecule has 0 aliphatic carbocycles. The van der Waals surface area contributed by atoms with Gasteiger partial charge in [0.1, 0.15) is 5.75 Å². The number of aromatic nitrogens is 1. The molecule has 1 N–H and O–H groups in total. The Bertz CT molecular complexity index is 782. The lowest BCUT2D eigenvalue weighted by molar-refractivity contribution is -0.138. The largest absolute Gasteiger partial charge is 0.506 e. The Labute approximate surface area is 153 Å². The number of pyridine rings is 1. The summed E-state index contributed by atoms with van der Waals surface area (Å²) in [5.41, 5.74) is -0.729. The lowest BCUT2D eigenvalue weighted by Gasteiger charge is -2.13. The second-order valence-electron chi connectivity index (χ2n) is 5.93. The molecule has 0 atom stereocenters. The molecule has 148 valence electrons. The Morgan fingerprint density at radius 2 is 1.74 bits per heavy atom. The molecule has 8 heteroatoms. The van der Waals surface area contributed by atoms with Crippen LogP contribution in [0.5, 0.6) is 5.75 Å². The number of aromatic hydroxyl groups is 1. The quantitative estimate of drug-likeness (QED) is 0.534. The Hall–Kier alpha value is -2.51. The highest BCUT2D eigenvalue weighted by Crippen LogP contribution is 2.32. The minimum absolute atomic E-state index is 0.0926. The standard InChI is InChI=1S/C10H10F2O.C9H10F3NO/c1-7(13)8-5-3-4-6-9(8)10(2,11)12;1-2-3-7-8(14)4-6(5-13-7)9(10,11)12/h3-6H,1-2H3;4-5,14H,2-3H2,1H3. The van der Waals surface area contributed by atoms with Crippen LogP contribution in [-0.4, -0.2) is 15.9 Å². The molecule has 0 aliphatic heterocycles.